The molecule has 1 saturated heterocycles. The van der Waals surface area contributed by atoms with Crippen molar-refractivity contribution in [3.8, 4) is 11.6 Å². The van der Waals surface area contributed by atoms with Crippen molar-refractivity contribution in [2.45, 2.75) is 25.1 Å². The Balaban J connectivity index is 1.60. The number of pyridine rings is 1. The van der Waals surface area contributed by atoms with E-state index in [0.717, 1.165) is 30.5 Å². The zero-order valence-corrected chi connectivity index (χ0v) is 14.6. The molecule has 0 saturated carbocycles. The lowest BCUT2D eigenvalue weighted by Gasteiger charge is -2.18. The molecule has 1 aliphatic rings. The highest BCUT2D eigenvalue weighted by Gasteiger charge is 2.33. The van der Waals surface area contributed by atoms with Crippen LogP contribution in [-0.4, -0.2) is 41.3 Å². The minimum absolute atomic E-state index is 0.109. The molecule has 1 aromatic carbocycles. The molecule has 3 rings (SSSR count). The van der Waals surface area contributed by atoms with Crippen LogP contribution in [-0.2, 0) is 6.18 Å². The van der Waals surface area contributed by atoms with Crippen LogP contribution in [0.15, 0.2) is 42.6 Å². The number of carbonyl (C=O) groups is 1. The topological polar surface area (TPSA) is 51.7 Å². The van der Waals surface area contributed by atoms with Crippen LogP contribution in [0.5, 0.6) is 11.6 Å². The molecule has 0 unspecified atom stereocenters. The average Bonchev–Trinajstić information content (AvgIpc) is 3.08. The highest BCUT2D eigenvalue weighted by atomic mass is 19.4. The SMILES string of the molecule is O=C(c1ccc(OC(F)(F)F)cc1)N1CC[C@@H](Oc2cc(C(F)(F)F)ccn2)C1. The molecule has 1 amide bonds. The number of amides is 1. The minimum atomic E-state index is -4.83. The second kappa shape index (κ2) is 7.80. The average molecular weight is 420 g/mol. The van der Waals surface area contributed by atoms with Gasteiger partial charge in [-0.05, 0) is 30.3 Å². The van der Waals surface area contributed by atoms with Crippen LogP contribution in [0.25, 0.3) is 0 Å². The molecule has 2 heterocycles. The summed E-state index contributed by atoms with van der Waals surface area (Å²) in [7, 11) is 0. The van der Waals surface area contributed by atoms with Crippen molar-refractivity contribution in [2.75, 3.05) is 13.1 Å². The van der Waals surface area contributed by atoms with E-state index in [9.17, 15) is 31.1 Å². The molecule has 156 valence electrons. The lowest BCUT2D eigenvalue weighted by Crippen LogP contribution is -2.31. The van der Waals surface area contributed by atoms with Crippen LogP contribution < -0.4 is 9.47 Å². The molecule has 0 aliphatic carbocycles. The van der Waals surface area contributed by atoms with Crippen LogP contribution in [0.3, 0.4) is 0 Å². The van der Waals surface area contributed by atoms with Crippen LogP contribution >= 0.6 is 0 Å². The molecule has 0 N–H and O–H groups in total. The maximum atomic E-state index is 12.7. The molecular formula is C18H14F6N2O3. The first-order valence-corrected chi connectivity index (χ1v) is 8.36. The number of hydrogen-bond donors (Lipinski definition) is 0. The van der Waals surface area contributed by atoms with Crippen LogP contribution in [0.4, 0.5) is 26.3 Å². The van der Waals surface area contributed by atoms with Crippen molar-refractivity contribution >= 4 is 5.91 Å². The predicted molar refractivity (Wildman–Crippen MR) is 87.3 cm³/mol. The van der Waals surface area contributed by atoms with Crippen molar-refractivity contribution in [2.24, 2.45) is 0 Å². The Morgan fingerprint density at radius 2 is 1.76 bits per heavy atom. The van der Waals surface area contributed by atoms with Gasteiger partial charge in [0.2, 0.25) is 5.88 Å². The van der Waals surface area contributed by atoms with E-state index in [0.29, 0.717) is 6.42 Å². The van der Waals surface area contributed by atoms with Crippen molar-refractivity contribution in [1.82, 2.24) is 9.88 Å². The second-order valence-corrected chi connectivity index (χ2v) is 6.23. The number of likely N-dealkylation sites (tertiary alicyclic amines) is 1. The van der Waals surface area contributed by atoms with E-state index in [1.165, 1.54) is 17.0 Å². The molecular weight excluding hydrogens is 406 g/mol. The number of carbonyl (C=O) groups excluding carboxylic acids is 1. The Morgan fingerprint density at radius 3 is 2.38 bits per heavy atom. The predicted octanol–water partition coefficient (Wildman–Crippen LogP) is 4.29. The third kappa shape index (κ3) is 5.52. The standard InChI is InChI=1S/C18H14F6N2O3/c19-17(20,21)12-5-7-25-15(9-12)28-14-6-8-26(10-14)16(27)11-1-3-13(4-2-11)29-18(22,23)24/h1-5,7,9,14H,6,8,10H2/t14-/m1/s1. The third-order valence-corrected chi connectivity index (χ3v) is 4.12. The van der Waals surface area contributed by atoms with Crippen LogP contribution in [0, 0.1) is 0 Å². The smallest absolute Gasteiger partial charge is 0.472 e. The van der Waals surface area contributed by atoms with Gasteiger partial charge in [-0.3, -0.25) is 4.79 Å². The maximum Gasteiger partial charge on any atom is 0.573 e. The van der Waals surface area contributed by atoms with E-state index in [4.69, 9.17) is 4.74 Å². The van der Waals surface area contributed by atoms with Gasteiger partial charge in [-0.25, -0.2) is 4.98 Å². The summed E-state index contributed by atoms with van der Waals surface area (Å²) in [5.41, 5.74) is -0.744. The number of ether oxygens (including phenoxy) is 2. The lowest BCUT2D eigenvalue weighted by molar-refractivity contribution is -0.274. The molecule has 0 spiro atoms. The van der Waals surface area contributed by atoms with E-state index in [1.54, 1.807) is 0 Å². The van der Waals surface area contributed by atoms with Gasteiger partial charge in [0.25, 0.3) is 5.91 Å². The van der Waals surface area contributed by atoms with Gasteiger partial charge in [0.05, 0.1) is 12.1 Å². The van der Waals surface area contributed by atoms with Gasteiger partial charge in [-0.1, -0.05) is 0 Å². The normalized spacial score (nSPS) is 17.3. The number of aromatic nitrogens is 1. The molecule has 1 atom stereocenters. The lowest BCUT2D eigenvalue weighted by atomic mass is 10.2. The monoisotopic (exact) mass is 420 g/mol. The van der Waals surface area contributed by atoms with E-state index in [2.05, 4.69) is 9.72 Å². The first-order chi connectivity index (χ1) is 13.5. The van der Waals surface area contributed by atoms with Gasteiger partial charge in [0.15, 0.2) is 0 Å². The Kier molecular flexibility index (Phi) is 5.58. The Labute approximate surface area is 160 Å². The summed E-state index contributed by atoms with van der Waals surface area (Å²) >= 11 is 0. The summed E-state index contributed by atoms with van der Waals surface area (Å²) in [4.78, 5) is 17.6. The summed E-state index contributed by atoms with van der Waals surface area (Å²) in [6.07, 6.45) is -8.55. The molecule has 2 aromatic rings. The molecule has 11 heteroatoms. The molecule has 0 bridgehead atoms. The molecule has 1 aliphatic heterocycles. The van der Waals surface area contributed by atoms with E-state index >= 15 is 0 Å². The quantitative estimate of drug-likeness (QED) is 0.693. The number of hydrogen-bond acceptors (Lipinski definition) is 4. The second-order valence-electron chi connectivity index (χ2n) is 6.23. The highest BCUT2D eigenvalue weighted by molar-refractivity contribution is 5.94. The number of nitrogens with zero attached hydrogens (tertiary/aromatic N) is 2. The Hall–Kier alpha value is -2.98. The van der Waals surface area contributed by atoms with Gasteiger partial charge < -0.3 is 14.4 Å². The third-order valence-electron chi connectivity index (χ3n) is 4.12. The fraction of sp³-hybridized carbons (Fsp3) is 0.333. The summed E-state index contributed by atoms with van der Waals surface area (Å²) in [6.45, 7) is 0.390. The molecule has 0 radical (unpaired) electrons. The first kappa shape index (κ1) is 20.7. The van der Waals surface area contributed by atoms with Gasteiger partial charge in [-0.2, -0.15) is 13.2 Å². The van der Waals surface area contributed by atoms with Crippen molar-refractivity contribution in [3.63, 3.8) is 0 Å². The largest absolute Gasteiger partial charge is 0.573 e. The fourth-order valence-corrected chi connectivity index (χ4v) is 2.81. The summed E-state index contributed by atoms with van der Waals surface area (Å²) < 4.78 is 84.0. The number of rotatable bonds is 4. The van der Waals surface area contributed by atoms with Crippen molar-refractivity contribution in [3.05, 3.63) is 53.7 Å². The van der Waals surface area contributed by atoms with E-state index < -0.39 is 35.9 Å². The summed E-state index contributed by atoms with van der Waals surface area (Å²) in [6, 6.07) is 6.06. The fourth-order valence-electron chi connectivity index (χ4n) is 2.81. The van der Waals surface area contributed by atoms with Crippen LogP contribution in [0.1, 0.15) is 22.3 Å². The number of halogens is 6. The van der Waals surface area contributed by atoms with Gasteiger partial charge in [0.1, 0.15) is 11.9 Å². The number of alkyl halides is 6. The zero-order valence-electron chi connectivity index (χ0n) is 14.6. The van der Waals surface area contributed by atoms with Crippen molar-refractivity contribution < 1.29 is 40.6 Å². The molecule has 5 nitrogen and oxygen atoms in total. The maximum absolute atomic E-state index is 12.7. The highest BCUT2D eigenvalue weighted by Crippen LogP contribution is 2.31. The molecule has 1 fully saturated rings. The van der Waals surface area contributed by atoms with Crippen LogP contribution in [0.2, 0.25) is 0 Å². The summed E-state index contributed by atoms with van der Waals surface area (Å²) in [5, 5.41) is 0. The Morgan fingerprint density at radius 1 is 1.07 bits per heavy atom. The minimum Gasteiger partial charge on any atom is -0.472 e. The molecule has 1 aromatic heterocycles. The van der Waals surface area contributed by atoms with Gasteiger partial charge >= 0.3 is 12.5 Å². The van der Waals surface area contributed by atoms with Gasteiger partial charge in [-0.15, -0.1) is 13.2 Å². The first-order valence-electron chi connectivity index (χ1n) is 8.36. The zero-order chi connectivity index (χ0) is 21.2. The van der Waals surface area contributed by atoms with Crippen molar-refractivity contribution in [1.29, 1.82) is 0 Å². The summed E-state index contributed by atoms with van der Waals surface area (Å²) in [5.74, 6) is -1.09. The number of benzene rings is 1. The Bertz CT molecular complexity index is 867. The van der Waals surface area contributed by atoms with Gasteiger partial charge in [0, 0.05) is 30.8 Å². The van der Waals surface area contributed by atoms with E-state index in [1.807, 2.05) is 0 Å². The van der Waals surface area contributed by atoms with E-state index in [-0.39, 0.29) is 24.5 Å². The molecule has 29 heavy (non-hydrogen) atoms.